The van der Waals surface area contributed by atoms with Crippen LogP contribution in [0.3, 0.4) is 0 Å². The van der Waals surface area contributed by atoms with Crippen LogP contribution in [0.1, 0.15) is 18.4 Å². The molecule has 1 saturated heterocycles. The van der Waals surface area contributed by atoms with Crippen LogP contribution in [0.15, 0.2) is 24.5 Å². The molecule has 1 aliphatic heterocycles. The van der Waals surface area contributed by atoms with E-state index in [9.17, 15) is 0 Å². The fourth-order valence-electron chi connectivity index (χ4n) is 1.79. The molecule has 2 heterocycles. The lowest BCUT2D eigenvalue weighted by atomic mass is 10.1. The highest BCUT2D eigenvalue weighted by Gasteiger charge is 2.11. The van der Waals surface area contributed by atoms with Gasteiger partial charge in [-0.3, -0.25) is 4.98 Å². The Balaban J connectivity index is 1.76. The van der Waals surface area contributed by atoms with E-state index in [0.717, 1.165) is 13.1 Å². The highest BCUT2D eigenvalue weighted by molar-refractivity contribution is 5.09. The Hall–Kier alpha value is -0.930. The maximum absolute atomic E-state index is 4.00. The van der Waals surface area contributed by atoms with Crippen LogP contribution in [0.2, 0.25) is 0 Å². The number of piperidine rings is 1. The van der Waals surface area contributed by atoms with Crippen LogP contribution >= 0.6 is 0 Å². The van der Waals surface area contributed by atoms with Gasteiger partial charge in [0.1, 0.15) is 0 Å². The van der Waals surface area contributed by atoms with Gasteiger partial charge in [-0.05, 0) is 37.1 Å². The monoisotopic (exact) mass is 191 g/mol. The summed E-state index contributed by atoms with van der Waals surface area (Å²) in [5, 5.41) is 6.94. The molecule has 0 radical (unpaired) electrons. The van der Waals surface area contributed by atoms with Crippen LogP contribution in [0, 0.1) is 0 Å². The first-order valence-electron chi connectivity index (χ1n) is 5.28. The first-order valence-corrected chi connectivity index (χ1v) is 5.28. The van der Waals surface area contributed by atoms with Crippen molar-refractivity contribution in [1.82, 2.24) is 15.6 Å². The predicted octanol–water partition coefficient (Wildman–Crippen LogP) is 0.923. The Morgan fingerprint density at radius 3 is 3.00 bits per heavy atom. The third-order valence-corrected chi connectivity index (χ3v) is 2.64. The summed E-state index contributed by atoms with van der Waals surface area (Å²) in [5.74, 6) is 0. The molecule has 14 heavy (non-hydrogen) atoms. The second kappa shape index (κ2) is 5.08. The molecule has 1 atom stereocenters. The van der Waals surface area contributed by atoms with Gasteiger partial charge in [-0.15, -0.1) is 0 Å². The summed E-state index contributed by atoms with van der Waals surface area (Å²) in [4.78, 5) is 4.00. The van der Waals surface area contributed by atoms with Gasteiger partial charge in [0.2, 0.25) is 0 Å². The van der Waals surface area contributed by atoms with Crippen LogP contribution in [0.5, 0.6) is 0 Å². The molecular formula is C11H17N3. The lowest BCUT2D eigenvalue weighted by Gasteiger charge is -2.23. The van der Waals surface area contributed by atoms with Gasteiger partial charge >= 0.3 is 0 Å². The smallest absolute Gasteiger partial charge is 0.0271 e. The van der Waals surface area contributed by atoms with Crippen LogP contribution in [0.25, 0.3) is 0 Å². The highest BCUT2D eigenvalue weighted by Crippen LogP contribution is 2.03. The van der Waals surface area contributed by atoms with Gasteiger partial charge in [0.15, 0.2) is 0 Å². The van der Waals surface area contributed by atoms with Crippen molar-refractivity contribution in [3.63, 3.8) is 0 Å². The second-order valence-electron chi connectivity index (χ2n) is 3.78. The minimum absolute atomic E-state index is 0.636. The molecule has 1 aliphatic rings. The van der Waals surface area contributed by atoms with Crippen molar-refractivity contribution in [2.45, 2.75) is 25.4 Å². The maximum Gasteiger partial charge on any atom is 0.0271 e. The Bertz CT molecular complexity index is 254. The predicted molar refractivity (Wildman–Crippen MR) is 57.0 cm³/mol. The molecule has 76 valence electrons. The van der Waals surface area contributed by atoms with E-state index in [1.165, 1.54) is 24.9 Å². The molecule has 1 aromatic rings. The quantitative estimate of drug-likeness (QED) is 0.746. The molecule has 3 heteroatoms. The average Bonchev–Trinajstić information content (AvgIpc) is 2.29. The lowest BCUT2D eigenvalue weighted by molar-refractivity contribution is 0.389. The van der Waals surface area contributed by atoms with Crippen LogP contribution in [-0.2, 0) is 6.54 Å². The van der Waals surface area contributed by atoms with Gasteiger partial charge in [0.25, 0.3) is 0 Å². The molecule has 0 saturated carbocycles. The summed E-state index contributed by atoms with van der Waals surface area (Å²) in [7, 11) is 0. The van der Waals surface area contributed by atoms with Crippen molar-refractivity contribution in [3.8, 4) is 0 Å². The molecule has 2 N–H and O–H groups in total. The first kappa shape index (κ1) is 9.62. The van der Waals surface area contributed by atoms with E-state index in [2.05, 4.69) is 27.8 Å². The van der Waals surface area contributed by atoms with Gasteiger partial charge < -0.3 is 10.6 Å². The topological polar surface area (TPSA) is 37.0 Å². The zero-order valence-corrected chi connectivity index (χ0v) is 8.37. The molecule has 0 spiro atoms. The zero-order valence-electron chi connectivity index (χ0n) is 8.37. The second-order valence-corrected chi connectivity index (χ2v) is 3.78. The molecule has 0 amide bonds. The molecule has 1 aromatic heterocycles. The molecule has 2 rings (SSSR count). The van der Waals surface area contributed by atoms with Gasteiger partial charge in [-0.2, -0.15) is 0 Å². The summed E-state index contributed by atoms with van der Waals surface area (Å²) < 4.78 is 0. The number of rotatable bonds is 3. The Labute approximate surface area is 84.9 Å². The highest BCUT2D eigenvalue weighted by atomic mass is 15.0. The number of nitrogens with one attached hydrogen (secondary N) is 2. The van der Waals surface area contributed by atoms with Gasteiger partial charge in [0, 0.05) is 31.5 Å². The Kier molecular flexibility index (Phi) is 3.49. The summed E-state index contributed by atoms with van der Waals surface area (Å²) in [5.41, 5.74) is 1.31. The van der Waals surface area contributed by atoms with Gasteiger partial charge in [0.05, 0.1) is 0 Å². The molecule has 0 bridgehead atoms. The van der Waals surface area contributed by atoms with Crippen LogP contribution in [0.4, 0.5) is 0 Å². The van der Waals surface area contributed by atoms with E-state index in [1.54, 1.807) is 0 Å². The van der Waals surface area contributed by atoms with Crippen molar-refractivity contribution in [1.29, 1.82) is 0 Å². The van der Waals surface area contributed by atoms with Crippen LogP contribution in [-0.4, -0.2) is 24.1 Å². The number of hydrogen-bond donors (Lipinski definition) is 2. The van der Waals surface area contributed by atoms with E-state index >= 15 is 0 Å². The minimum Gasteiger partial charge on any atom is -0.315 e. The standard InChI is InChI=1S/C11H17N3/c1-2-11(9-13-5-1)14-8-10-3-6-12-7-4-10/h3-4,6-7,11,13-14H,1-2,5,8-9H2/t11-/m1/s1. The average molecular weight is 191 g/mol. The number of hydrogen-bond acceptors (Lipinski definition) is 3. The number of nitrogens with zero attached hydrogens (tertiary/aromatic N) is 1. The molecular weight excluding hydrogens is 174 g/mol. The third-order valence-electron chi connectivity index (χ3n) is 2.64. The van der Waals surface area contributed by atoms with Crippen molar-refractivity contribution >= 4 is 0 Å². The van der Waals surface area contributed by atoms with E-state index in [-0.39, 0.29) is 0 Å². The molecule has 0 aromatic carbocycles. The summed E-state index contributed by atoms with van der Waals surface area (Å²) >= 11 is 0. The molecule has 0 aliphatic carbocycles. The Morgan fingerprint density at radius 1 is 1.43 bits per heavy atom. The SMILES string of the molecule is c1cc(CN[C@@H]2CCCNC2)ccn1. The van der Waals surface area contributed by atoms with E-state index in [4.69, 9.17) is 0 Å². The lowest BCUT2D eigenvalue weighted by Crippen LogP contribution is -2.42. The summed E-state index contributed by atoms with van der Waals surface area (Å²) in [6.45, 7) is 3.23. The first-order chi connectivity index (χ1) is 6.95. The third kappa shape index (κ3) is 2.79. The minimum atomic E-state index is 0.636. The maximum atomic E-state index is 4.00. The van der Waals surface area contributed by atoms with E-state index in [1.807, 2.05) is 12.4 Å². The van der Waals surface area contributed by atoms with Crippen molar-refractivity contribution in [3.05, 3.63) is 30.1 Å². The van der Waals surface area contributed by atoms with Crippen molar-refractivity contribution in [2.75, 3.05) is 13.1 Å². The largest absolute Gasteiger partial charge is 0.315 e. The Morgan fingerprint density at radius 2 is 2.29 bits per heavy atom. The zero-order chi connectivity index (χ0) is 9.64. The van der Waals surface area contributed by atoms with Gasteiger partial charge in [-0.1, -0.05) is 0 Å². The van der Waals surface area contributed by atoms with Crippen molar-refractivity contribution in [2.24, 2.45) is 0 Å². The van der Waals surface area contributed by atoms with E-state index in [0.29, 0.717) is 6.04 Å². The normalized spacial score (nSPS) is 22.1. The fourth-order valence-corrected chi connectivity index (χ4v) is 1.79. The molecule has 3 nitrogen and oxygen atoms in total. The van der Waals surface area contributed by atoms with Crippen molar-refractivity contribution < 1.29 is 0 Å². The molecule has 1 fully saturated rings. The molecule has 0 unspecified atom stereocenters. The summed E-state index contributed by atoms with van der Waals surface area (Å²) in [6, 6.07) is 4.75. The van der Waals surface area contributed by atoms with Crippen LogP contribution < -0.4 is 10.6 Å². The van der Waals surface area contributed by atoms with Gasteiger partial charge in [-0.25, -0.2) is 0 Å². The van der Waals surface area contributed by atoms with E-state index < -0.39 is 0 Å². The number of pyridine rings is 1. The summed E-state index contributed by atoms with van der Waals surface area (Å²) in [6.07, 6.45) is 6.26. The number of aromatic nitrogens is 1. The fraction of sp³-hybridized carbons (Fsp3) is 0.545.